The molecule has 1 aromatic rings. The number of ether oxygens (including phenoxy) is 1. The summed E-state index contributed by atoms with van der Waals surface area (Å²) in [6.07, 6.45) is 2.30. The number of aromatic nitrogens is 1. The van der Waals surface area contributed by atoms with E-state index < -0.39 is 6.04 Å². The third kappa shape index (κ3) is 4.80. The number of thiazole rings is 1. The van der Waals surface area contributed by atoms with Crippen molar-refractivity contribution >= 4 is 17.2 Å². The summed E-state index contributed by atoms with van der Waals surface area (Å²) in [5.74, 6) is 0.0824. The maximum atomic E-state index is 11.6. The van der Waals surface area contributed by atoms with E-state index in [9.17, 15) is 4.79 Å². The van der Waals surface area contributed by atoms with Crippen LogP contribution in [0.25, 0.3) is 0 Å². The average Bonchev–Trinajstić information content (AvgIpc) is 2.86. The zero-order chi connectivity index (χ0) is 12.7. The standard InChI is InChI=1S/C11H19N3O2S/c1-8(11-13-4-6-17-11)7-14-10(15)9(12)3-5-16-2/h4,6,8-9H,3,5,7,12H2,1-2H3,(H,14,15). The highest BCUT2D eigenvalue weighted by Crippen LogP contribution is 2.16. The first-order valence-corrected chi connectivity index (χ1v) is 6.44. The van der Waals surface area contributed by atoms with Crippen molar-refractivity contribution in [2.24, 2.45) is 5.73 Å². The van der Waals surface area contributed by atoms with Crippen LogP contribution in [0.1, 0.15) is 24.3 Å². The highest BCUT2D eigenvalue weighted by molar-refractivity contribution is 7.09. The zero-order valence-corrected chi connectivity index (χ0v) is 11.0. The Balaban J connectivity index is 2.28. The van der Waals surface area contributed by atoms with Crippen molar-refractivity contribution in [2.45, 2.75) is 25.3 Å². The molecule has 2 atom stereocenters. The van der Waals surface area contributed by atoms with E-state index in [-0.39, 0.29) is 11.8 Å². The third-order valence-electron chi connectivity index (χ3n) is 2.43. The minimum Gasteiger partial charge on any atom is -0.385 e. The second-order valence-electron chi connectivity index (χ2n) is 3.90. The van der Waals surface area contributed by atoms with Crippen LogP contribution in [-0.4, -0.2) is 37.2 Å². The van der Waals surface area contributed by atoms with Gasteiger partial charge in [0.15, 0.2) is 0 Å². The molecule has 0 fully saturated rings. The monoisotopic (exact) mass is 257 g/mol. The van der Waals surface area contributed by atoms with Gasteiger partial charge in [-0.3, -0.25) is 4.79 Å². The summed E-state index contributed by atoms with van der Waals surface area (Å²) in [4.78, 5) is 15.8. The summed E-state index contributed by atoms with van der Waals surface area (Å²) in [6.45, 7) is 3.09. The number of hydrogen-bond acceptors (Lipinski definition) is 5. The summed E-state index contributed by atoms with van der Waals surface area (Å²) in [5.41, 5.74) is 5.70. The minimum atomic E-state index is -0.501. The summed E-state index contributed by atoms with van der Waals surface area (Å²) in [6, 6.07) is -0.501. The molecule has 2 unspecified atom stereocenters. The van der Waals surface area contributed by atoms with Crippen molar-refractivity contribution < 1.29 is 9.53 Å². The summed E-state index contributed by atoms with van der Waals surface area (Å²) >= 11 is 1.59. The second kappa shape index (κ2) is 7.37. The predicted molar refractivity (Wildman–Crippen MR) is 68.0 cm³/mol. The topological polar surface area (TPSA) is 77.2 Å². The van der Waals surface area contributed by atoms with E-state index >= 15 is 0 Å². The van der Waals surface area contributed by atoms with Gasteiger partial charge in [-0.15, -0.1) is 11.3 Å². The lowest BCUT2D eigenvalue weighted by atomic mass is 10.1. The van der Waals surface area contributed by atoms with Crippen LogP contribution in [0, 0.1) is 0 Å². The fraction of sp³-hybridized carbons (Fsp3) is 0.636. The molecule has 0 aliphatic rings. The first-order chi connectivity index (χ1) is 8.15. The first-order valence-electron chi connectivity index (χ1n) is 5.56. The van der Waals surface area contributed by atoms with Gasteiger partial charge in [0.1, 0.15) is 0 Å². The molecule has 1 aromatic heterocycles. The van der Waals surface area contributed by atoms with Crippen LogP contribution in [0.3, 0.4) is 0 Å². The van der Waals surface area contributed by atoms with Gasteiger partial charge in [-0.2, -0.15) is 0 Å². The molecule has 3 N–H and O–H groups in total. The summed E-state index contributed by atoms with van der Waals surface area (Å²) in [5, 5.41) is 5.78. The van der Waals surface area contributed by atoms with Crippen molar-refractivity contribution in [2.75, 3.05) is 20.3 Å². The van der Waals surface area contributed by atoms with Crippen LogP contribution in [0.15, 0.2) is 11.6 Å². The number of nitrogens with one attached hydrogen (secondary N) is 1. The van der Waals surface area contributed by atoms with Crippen LogP contribution in [-0.2, 0) is 9.53 Å². The highest BCUT2D eigenvalue weighted by atomic mass is 32.1. The normalized spacial score (nSPS) is 14.3. The van der Waals surface area contributed by atoms with E-state index in [2.05, 4.69) is 10.3 Å². The second-order valence-corrected chi connectivity index (χ2v) is 4.83. The maximum Gasteiger partial charge on any atom is 0.237 e. The highest BCUT2D eigenvalue weighted by Gasteiger charge is 2.15. The van der Waals surface area contributed by atoms with Crippen LogP contribution < -0.4 is 11.1 Å². The number of carbonyl (C=O) groups is 1. The molecule has 0 bridgehead atoms. The van der Waals surface area contributed by atoms with E-state index in [0.29, 0.717) is 19.6 Å². The fourth-order valence-electron chi connectivity index (χ4n) is 1.33. The Labute approximate surface area is 105 Å². The van der Waals surface area contributed by atoms with Gasteiger partial charge in [-0.05, 0) is 6.42 Å². The Morgan fingerprint density at radius 3 is 3.06 bits per heavy atom. The molecule has 0 aromatic carbocycles. The van der Waals surface area contributed by atoms with Crippen molar-refractivity contribution in [1.82, 2.24) is 10.3 Å². The van der Waals surface area contributed by atoms with Crippen molar-refractivity contribution in [3.63, 3.8) is 0 Å². The van der Waals surface area contributed by atoms with Gasteiger partial charge in [0.2, 0.25) is 5.91 Å². The van der Waals surface area contributed by atoms with Gasteiger partial charge in [0.05, 0.1) is 11.0 Å². The number of amides is 1. The van der Waals surface area contributed by atoms with Crippen LogP contribution in [0.2, 0.25) is 0 Å². The Kier molecular flexibility index (Phi) is 6.10. The molecular formula is C11H19N3O2S. The molecule has 6 heteroatoms. The summed E-state index contributed by atoms with van der Waals surface area (Å²) < 4.78 is 4.88. The van der Waals surface area contributed by atoms with Gasteiger partial charge in [-0.1, -0.05) is 6.92 Å². The SMILES string of the molecule is COCCC(N)C(=O)NCC(C)c1nccs1. The van der Waals surface area contributed by atoms with E-state index in [0.717, 1.165) is 5.01 Å². The van der Waals surface area contributed by atoms with Crippen LogP contribution in [0.5, 0.6) is 0 Å². The third-order valence-corrected chi connectivity index (χ3v) is 3.43. The lowest BCUT2D eigenvalue weighted by Crippen LogP contribution is -2.42. The molecule has 1 amide bonds. The largest absolute Gasteiger partial charge is 0.385 e. The molecule has 5 nitrogen and oxygen atoms in total. The molecule has 0 aliphatic carbocycles. The number of nitrogens with two attached hydrogens (primary N) is 1. The van der Waals surface area contributed by atoms with Crippen LogP contribution in [0.4, 0.5) is 0 Å². The molecule has 1 heterocycles. The van der Waals surface area contributed by atoms with Crippen molar-refractivity contribution in [1.29, 1.82) is 0 Å². The average molecular weight is 257 g/mol. The van der Waals surface area contributed by atoms with Gasteiger partial charge in [0, 0.05) is 37.8 Å². The fourth-order valence-corrected chi connectivity index (χ4v) is 2.02. The predicted octanol–water partition coefficient (Wildman–Crippen LogP) is 0.727. The van der Waals surface area contributed by atoms with E-state index in [1.165, 1.54) is 0 Å². The molecule has 0 saturated carbocycles. The molecular weight excluding hydrogens is 238 g/mol. The van der Waals surface area contributed by atoms with E-state index in [1.807, 2.05) is 12.3 Å². The molecule has 1 rings (SSSR count). The van der Waals surface area contributed by atoms with Crippen molar-refractivity contribution in [3.8, 4) is 0 Å². The molecule has 0 spiro atoms. The number of methoxy groups -OCH3 is 1. The Morgan fingerprint density at radius 2 is 2.47 bits per heavy atom. The molecule has 96 valence electrons. The Bertz CT molecular complexity index is 329. The van der Waals surface area contributed by atoms with E-state index in [1.54, 1.807) is 24.6 Å². The van der Waals surface area contributed by atoms with Crippen LogP contribution >= 0.6 is 11.3 Å². The zero-order valence-electron chi connectivity index (χ0n) is 10.2. The summed E-state index contributed by atoms with van der Waals surface area (Å²) in [7, 11) is 1.59. The first kappa shape index (κ1) is 14.1. The molecule has 0 aliphatic heterocycles. The molecule has 17 heavy (non-hydrogen) atoms. The lowest BCUT2D eigenvalue weighted by molar-refractivity contribution is -0.122. The Morgan fingerprint density at radius 1 is 1.71 bits per heavy atom. The quantitative estimate of drug-likeness (QED) is 0.755. The van der Waals surface area contributed by atoms with Gasteiger partial charge >= 0.3 is 0 Å². The number of hydrogen-bond donors (Lipinski definition) is 2. The van der Waals surface area contributed by atoms with Gasteiger partial charge in [0.25, 0.3) is 0 Å². The molecule has 0 radical (unpaired) electrons. The maximum absolute atomic E-state index is 11.6. The minimum absolute atomic E-state index is 0.134. The lowest BCUT2D eigenvalue weighted by Gasteiger charge is -2.14. The van der Waals surface area contributed by atoms with Gasteiger partial charge < -0.3 is 15.8 Å². The molecule has 0 saturated heterocycles. The Hall–Kier alpha value is -0.980. The number of rotatable bonds is 7. The van der Waals surface area contributed by atoms with Crippen molar-refractivity contribution in [3.05, 3.63) is 16.6 Å². The number of nitrogens with zero attached hydrogens (tertiary/aromatic N) is 1. The smallest absolute Gasteiger partial charge is 0.237 e. The van der Waals surface area contributed by atoms with E-state index in [4.69, 9.17) is 10.5 Å². The number of carbonyl (C=O) groups excluding carboxylic acids is 1. The van der Waals surface area contributed by atoms with Gasteiger partial charge in [-0.25, -0.2) is 4.98 Å².